The summed E-state index contributed by atoms with van der Waals surface area (Å²) in [6.45, 7) is 4.56. The van der Waals surface area contributed by atoms with Crippen molar-refractivity contribution in [1.82, 2.24) is 0 Å². The van der Waals surface area contributed by atoms with E-state index in [0.717, 1.165) is 11.3 Å². The molecule has 1 aromatic rings. The van der Waals surface area contributed by atoms with Crippen LogP contribution in [0.15, 0.2) is 24.3 Å². The number of hydrogen-bond donors (Lipinski definition) is 0. The molecule has 0 spiro atoms. The Morgan fingerprint density at radius 1 is 1.31 bits per heavy atom. The number of fused-ring (bicyclic) bond motifs is 1. The summed E-state index contributed by atoms with van der Waals surface area (Å²) < 4.78 is 10.4. The number of rotatable bonds is 0. The SMILES string of the molecule is CC.ClP1OCc2ccccc2O1. The van der Waals surface area contributed by atoms with E-state index in [4.69, 9.17) is 20.3 Å². The van der Waals surface area contributed by atoms with Gasteiger partial charge >= 0.3 is 7.73 Å². The van der Waals surface area contributed by atoms with Gasteiger partial charge in [0.05, 0.1) is 6.61 Å². The van der Waals surface area contributed by atoms with Crippen LogP contribution < -0.4 is 4.52 Å². The third-order valence-electron chi connectivity index (χ3n) is 1.46. The molecule has 0 saturated heterocycles. The van der Waals surface area contributed by atoms with Gasteiger partial charge in [0.2, 0.25) is 0 Å². The molecule has 0 saturated carbocycles. The van der Waals surface area contributed by atoms with E-state index in [9.17, 15) is 0 Å². The van der Waals surface area contributed by atoms with Crippen molar-refractivity contribution in [1.29, 1.82) is 0 Å². The van der Waals surface area contributed by atoms with Gasteiger partial charge in [-0.2, -0.15) is 0 Å². The van der Waals surface area contributed by atoms with Crippen LogP contribution in [0.3, 0.4) is 0 Å². The highest BCUT2D eigenvalue weighted by Crippen LogP contribution is 2.49. The standard InChI is InChI=1S/C7H6ClO2P.C2H6/c8-11-9-5-6-3-1-2-4-7(6)10-11;1-2/h1-4H,5H2;1-2H3. The molecule has 2 nitrogen and oxygen atoms in total. The molecule has 72 valence electrons. The minimum Gasteiger partial charge on any atom is -0.436 e. The summed E-state index contributed by atoms with van der Waals surface area (Å²) in [6, 6.07) is 7.74. The van der Waals surface area contributed by atoms with E-state index in [1.54, 1.807) is 0 Å². The molecule has 0 N–H and O–H groups in total. The monoisotopic (exact) mass is 218 g/mol. The molecule has 1 aliphatic heterocycles. The summed E-state index contributed by atoms with van der Waals surface area (Å²) in [6.07, 6.45) is 0. The second kappa shape index (κ2) is 5.43. The lowest BCUT2D eigenvalue weighted by atomic mass is 10.2. The Labute approximate surface area is 84.5 Å². The predicted octanol–water partition coefficient (Wildman–Crippen LogP) is 4.09. The van der Waals surface area contributed by atoms with E-state index < -0.39 is 7.73 Å². The average Bonchev–Trinajstić information content (AvgIpc) is 2.21. The molecule has 0 fully saturated rings. The van der Waals surface area contributed by atoms with Crippen molar-refractivity contribution in [2.75, 3.05) is 0 Å². The van der Waals surface area contributed by atoms with Gasteiger partial charge in [0.15, 0.2) is 0 Å². The molecular weight excluding hydrogens is 207 g/mol. The summed E-state index contributed by atoms with van der Waals surface area (Å²) in [5.41, 5.74) is 1.06. The van der Waals surface area contributed by atoms with Crippen LogP contribution in [0.25, 0.3) is 0 Å². The summed E-state index contributed by atoms with van der Waals surface area (Å²) in [7, 11) is -1.21. The molecule has 2 rings (SSSR count). The lowest BCUT2D eigenvalue weighted by Gasteiger charge is -2.19. The molecule has 1 unspecified atom stereocenters. The van der Waals surface area contributed by atoms with Crippen molar-refractivity contribution < 1.29 is 9.05 Å². The van der Waals surface area contributed by atoms with Crippen LogP contribution in [0, 0.1) is 0 Å². The van der Waals surface area contributed by atoms with E-state index in [-0.39, 0.29) is 0 Å². The number of para-hydroxylation sites is 1. The summed E-state index contributed by atoms with van der Waals surface area (Å²) in [5, 5.41) is 0. The Morgan fingerprint density at radius 2 is 2.00 bits per heavy atom. The van der Waals surface area contributed by atoms with E-state index >= 15 is 0 Å². The van der Waals surface area contributed by atoms with Gasteiger partial charge in [0, 0.05) is 5.56 Å². The quantitative estimate of drug-likeness (QED) is 0.611. The molecule has 0 radical (unpaired) electrons. The van der Waals surface area contributed by atoms with Gasteiger partial charge in [-0.1, -0.05) is 32.0 Å². The van der Waals surface area contributed by atoms with Crippen molar-refractivity contribution in [3.8, 4) is 5.75 Å². The van der Waals surface area contributed by atoms with Gasteiger partial charge in [-0.05, 0) is 17.3 Å². The minimum absolute atomic E-state index is 0.561. The van der Waals surface area contributed by atoms with Gasteiger partial charge in [-0.25, -0.2) is 0 Å². The molecule has 1 heterocycles. The van der Waals surface area contributed by atoms with E-state index in [0.29, 0.717) is 6.61 Å². The smallest absolute Gasteiger partial charge is 0.338 e. The zero-order valence-electron chi connectivity index (χ0n) is 7.66. The Bertz CT molecular complexity index is 268. The summed E-state index contributed by atoms with van der Waals surface area (Å²) >= 11 is 5.66. The molecule has 0 bridgehead atoms. The van der Waals surface area contributed by atoms with Crippen LogP contribution in [0.5, 0.6) is 5.75 Å². The molecular formula is C9H12ClO2P. The van der Waals surface area contributed by atoms with Gasteiger partial charge in [0.25, 0.3) is 0 Å². The zero-order valence-corrected chi connectivity index (χ0v) is 9.31. The van der Waals surface area contributed by atoms with Crippen LogP contribution >= 0.6 is 19.0 Å². The van der Waals surface area contributed by atoms with Gasteiger partial charge in [0.1, 0.15) is 5.75 Å². The Kier molecular flexibility index (Phi) is 4.51. The van der Waals surface area contributed by atoms with E-state index in [2.05, 4.69) is 0 Å². The number of hydrogen-bond acceptors (Lipinski definition) is 2. The Balaban J connectivity index is 0.000000396. The molecule has 1 aliphatic rings. The molecule has 0 aromatic heterocycles. The maximum Gasteiger partial charge on any atom is 0.338 e. The van der Waals surface area contributed by atoms with Crippen molar-refractivity contribution in [2.45, 2.75) is 20.5 Å². The third kappa shape index (κ3) is 2.84. The second-order valence-corrected chi connectivity index (χ2v) is 3.88. The van der Waals surface area contributed by atoms with Gasteiger partial charge < -0.3 is 9.05 Å². The van der Waals surface area contributed by atoms with Crippen LogP contribution in [0.4, 0.5) is 0 Å². The highest BCUT2D eigenvalue weighted by atomic mass is 35.7. The molecule has 0 amide bonds. The highest BCUT2D eigenvalue weighted by Gasteiger charge is 2.17. The fourth-order valence-electron chi connectivity index (χ4n) is 0.936. The van der Waals surface area contributed by atoms with Crippen LogP contribution in [-0.2, 0) is 11.1 Å². The minimum atomic E-state index is -1.21. The van der Waals surface area contributed by atoms with Crippen LogP contribution in [-0.4, -0.2) is 0 Å². The highest BCUT2D eigenvalue weighted by molar-refractivity contribution is 7.76. The molecule has 13 heavy (non-hydrogen) atoms. The van der Waals surface area contributed by atoms with E-state index in [1.165, 1.54) is 0 Å². The number of halogens is 1. The lowest BCUT2D eigenvalue weighted by Crippen LogP contribution is -1.99. The van der Waals surface area contributed by atoms with Crippen LogP contribution in [0.1, 0.15) is 19.4 Å². The van der Waals surface area contributed by atoms with Gasteiger partial charge in [-0.3, -0.25) is 0 Å². The molecule has 0 aliphatic carbocycles. The normalized spacial score (nSPS) is 19.2. The summed E-state index contributed by atoms with van der Waals surface area (Å²) in [4.78, 5) is 0. The van der Waals surface area contributed by atoms with Gasteiger partial charge in [-0.15, -0.1) is 0 Å². The fraction of sp³-hybridized carbons (Fsp3) is 0.333. The van der Waals surface area contributed by atoms with E-state index in [1.807, 2.05) is 38.1 Å². The Morgan fingerprint density at radius 3 is 2.77 bits per heavy atom. The maximum atomic E-state index is 5.66. The largest absolute Gasteiger partial charge is 0.436 e. The average molecular weight is 219 g/mol. The lowest BCUT2D eigenvalue weighted by molar-refractivity contribution is 0.288. The maximum absolute atomic E-state index is 5.66. The van der Waals surface area contributed by atoms with Crippen molar-refractivity contribution in [3.63, 3.8) is 0 Å². The first-order valence-corrected chi connectivity index (χ1v) is 6.29. The summed E-state index contributed by atoms with van der Waals surface area (Å²) in [5.74, 6) is 0.847. The first-order chi connectivity index (χ1) is 6.36. The number of benzene rings is 1. The zero-order chi connectivity index (χ0) is 9.68. The Hall–Kier alpha value is -0.300. The first kappa shape index (κ1) is 10.8. The second-order valence-electron chi connectivity index (χ2n) is 2.18. The predicted molar refractivity (Wildman–Crippen MR) is 56.0 cm³/mol. The van der Waals surface area contributed by atoms with Crippen molar-refractivity contribution in [2.24, 2.45) is 0 Å². The van der Waals surface area contributed by atoms with Crippen molar-refractivity contribution >= 4 is 19.0 Å². The molecule has 1 aromatic carbocycles. The third-order valence-corrected chi connectivity index (χ3v) is 2.64. The molecule has 1 atom stereocenters. The molecule has 4 heteroatoms. The van der Waals surface area contributed by atoms with Crippen molar-refractivity contribution in [3.05, 3.63) is 29.8 Å². The van der Waals surface area contributed by atoms with Crippen LogP contribution in [0.2, 0.25) is 0 Å². The fourth-order valence-corrected chi connectivity index (χ4v) is 1.93. The first-order valence-electron chi connectivity index (χ1n) is 4.21. The topological polar surface area (TPSA) is 18.5 Å².